The van der Waals surface area contributed by atoms with Crippen molar-refractivity contribution in [1.82, 2.24) is 18.7 Å². The highest BCUT2D eigenvalue weighted by Gasteiger charge is 2.28. The third kappa shape index (κ3) is 3.53. The smallest absolute Gasteiger partial charge is 0.332 e. The molecular weight excluding hydrogens is 429 g/mol. The van der Waals surface area contributed by atoms with E-state index < -0.39 is 5.69 Å². The largest absolute Gasteiger partial charge is 0.372 e. The second-order valence-corrected chi connectivity index (χ2v) is 8.60. The van der Waals surface area contributed by atoms with Gasteiger partial charge < -0.3 is 9.64 Å². The molecule has 0 spiro atoms. The molecule has 1 aliphatic heterocycles. The van der Waals surface area contributed by atoms with Crippen LogP contribution in [0.25, 0.3) is 11.2 Å². The van der Waals surface area contributed by atoms with E-state index in [1.54, 1.807) is 19.2 Å². The molecule has 2 aromatic heterocycles. The summed E-state index contributed by atoms with van der Waals surface area (Å²) in [5.74, 6) is 0.622. The molecule has 0 bridgehead atoms. The van der Waals surface area contributed by atoms with Gasteiger partial charge in [-0.2, -0.15) is 4.98 Å². The number of anilines is 1. The first-order valence-electron chi connectivity index (χ1n) is 9.68. The van der Waals surface area contributed by atoms with Crippen LogP contribution in [0.3, 0.4) is 0 Å². The Balaban J connectivity index is 1.95. The molecule has 0 radical (unpaired) electrons. The topological polar surface area (TPSA) is 74.3 Å². The van der Waals surface area contributed by atoms with E-state index in [-0.39, 0.29) is 17.8 Å². The van der Waals surface area contributed by atoms with E-state index in [0.717, 1.165) is 10.1 Å². The van der Waals surface area contributed by atoms with Gasteiger partial charge in [0.15, 0.2) is 11.2 Å². The fourth-order valence-corrected chi connectivity index (χ4v) is 4.31. The number of nitrogens with zero attached hydrogens (tertiary/aromatic N) is 5. The number of rotatable bonds is 3. The summed E-state index contributed by atoms with van der Waals surface area (Å²) in [5.41, 5.74) is 0.788. The summed E-state index contributed by atoms with van der Waals surface area (Å²) in [6.45, 7) is 5.62. The van der Waals surface area contributed by atoms with Crippen LogP contribution < -0.4 is 16.1 Å². The predicted molar refractivity (Wildman–Crippen MR) is 118 cm³/mol. The first kappa shape index (κ1) is 21.0. The van der Waals surface area contributed by atoms with Crippen molar-refractivity contribution in [2.24, 2.45) is 14.1 Å². The Morgan fingerprint density at radius 2 is 1.73 bits per heavy atom. The summed E-state index contributed by atoms with van der Waals surface area (Å²) in [6, 6.07) is 5.36. The van der Waals surface area contributed by atoms with Gasteiger partial charge in [0, 0.05) is 27.2 Å². The van der Waals surface area contributed by atoms with E-state index in [0.29, 0.717) is 46.8 Å². The lowest BCUT2D eigenvalue weighted by Gasteiger charge is -2.36. The zero-order chi connectivity index (χ0) is 21.7. The van der Waals surface area contributed by atoms with Crippen molar-refractivity contribution < 1.29 is 4.74 Å². The molecule has 4 rings (SSSR count). The van der Waals surface area contributed by atoms with Gasteiger partial charge in [0.2, 0.25) is 5.95 Å². The summed E-state index contributed by atoms with van der Waals surface area (Å²) >= 11 is 12.3. The second-order valence-electron chi connectivity index (χ2n) is 7.79. The minimum absolute atomic E-state index is 0.0126. The number of morpholine rings is 1. The summed E-state index contributed by atoms with van der Waals surface area (Å²) in [4.78, 5) is 32.3. The fourth-order valence-electron chi connectivity index (χ4n) is 3.99. The van der Waals surface area contributed by atoms with E-state index in [1.807, 2.05) is 24.5 Å². The van der Waals surface area contributed by atoms with Gasteiger partial charge in [-0.25, -0.2) is 4.79 Å². The molecule has 2 unspecified atom stereocenters. The number of hydrogen-bond donors (Lipinski definition) is 0. The Labute approximate surface area is 183 Å². The SMILES string of the molecule is CC1CN(c2nc3c(c(=O)n(C)c(=O)n3C)n2Cc2ccc(Cl)c(Cl)c2)CC(C)O1. The zero-order valence-corrected chi connectivity index (χ0v) is 18.7. The summed E-state index contributed by atoms with van der Waals surface area (Å²) < 4.78 is 10.2. The monoisotopic (exact) mass is 451 g/mol. The number of fused-ring (bicyclic) bond motifs is 1. The Kier molecular flexibility index (Phi) is 5.42. The molecule has 1 fully saturated rings. The number of benzene rings is 1. The molecule has 3 heterocycles. The highest BCUT2D eigenvalue weighted by molar-refractivity contribution is 6.42. The van der Waals surface area contributed by atoms with Crippen LogP contribution in [-0.4, -0.2) is 44.0 Å². The van der Waals surface area contributed by atoms with Crippen molar-refractivity contribution in [2.45, 2.75) is 32.6 Å². The predicted octanol–water partition coefficient (Wildman–Crippen LogP) is 2.40. The van der Waals surface area contributed by atoms with Gasteiger partial charge >= 0.3 is 5.69 Å². The maximum absolute atomic E-state index is 13.1. The molecule has 30 heavy (non-hydrogen) atoms. The fraction of sp³-hybridized carbons (Fsp3) is 0.450. The van der Waals surface area contributed by atoms with E-state index >= 15 is 0 Å². The Morgan fingerprint density at radius 1 is 1.07 bits per heavy atom. The van der Waals surface area contributed by atoms with Crippen molar-refractivity contribution in [2.75, 3.05) is 18.0 Å². The number of halogens is 2. The van der Waals surface area contributed by atoms with Crippen LogP contribution >= 0.6 is 23.2 Å². The van der Waals surface area contributed by atoms with Gasteiger partial charge in [0.1, 0.15) is 0 Å². The molecule has 8 nitrogen and oxygen atoms in total. The summed E-state index contributed by atoms with van der Waals surface area (Å²) in [6.07, 6.45) is 0.0253. The molecule has 1 saturated heterocycles. The van der Waals surface area contributed by atoms with Crippen LogP contribution in [0.15, 0.2) is 27.8 Å². The Morgan fingerprint density at radius 3 is 2.37 bits per heavy atom. The molecule has 0 saturated carbocycles. The molecular formula is C20H23Cl2N5O3. The van der Waals surface area contributed by atoms with Gasteiger partial charge in [-0.1, -0.05) is 29.3 Å². The molecule has 1 aromatic carbocycles. The van der Waals surface area contributed by atoms with Gasteiger partial charge in [0.25, 0.3) is 5.56 Å². The Hall–Kier alpha value is -2.29. The van der Waals surface area contributed by atoms with E-state index in [4.69, 9.17) is 32.9 Å². The van der Waals surface area contributed by atoms with Crippen LogP contribution in [-0.2, 0) is 25.4 Å². The number of aromatic nitrogens is 4. The van der Waals surface area contributed by atoms with Crippen molar-refractivity contribution in [3.05, 3.63) is 54.6 Å². The van der Waals surface area contributed by atoms with Crippen LogP contribution in [0, 0.1) is 0 Å². The van der Waals surface area contributed by atoms with Crippen LogP contribution in [0.2, 0.25) is 10.0 Å². The van der Waals surface area contributed by atoms with Crippen molar-refractivity contribution in [3.63, 3.8) is 0 Å². The summed E-state index contributed by atoms with van der Waals surface area (Å²) in [5, 5.41) is 0.902. The molecule has 3 aromatic rings. The molecule has 160 valence electrons. The van der Waals surface area contributed by atoms with Gasteiger partial charge in [-0.15, -0.1) is 0 Å². The highest BCUT2D eigenvalue weighted by Crippen LogP contribution is 2.27. The molecule has 0 aliphatic carbocycles. The molecule has 10 heteroatoms. The Bertz CT molecular complexity index is 1240. The first-order valence-corrected chi connectivity index (χ1v) is 10.4. The van der Waals surface area contributed by atoms with Crippen LogP contribution in [0.5, 0.6) is 0 Å². The molecule has 2 atom stereocenters. The van der Waals surface area contributed by atoms with Crippen molar-refractivity contribution in [1.29, 1.82) is 0 Å². The van der Waals surface area contributed by atoms with Gasteiger partial charge in [-0.05, 0) is 31.5 Å². The average molecular weight is 452 g/mol. The first-order chi connectivity index (χ1) is 14.2. The lowest BCUT2D eigenvalue weighted by molar-refractivity contribution is -0.00585. The maximum atomic E-state index is 13.1. The quantitative estimate of drug-likeness (QED) is 0.610. The van der Waals surface area contributed by atoms with Crippen molar-refractivity contribution >= 4 is 40.3 Å². The van der Waals surface area contributed by atoms with E-state index in [1.165, 1.54) is 11.6 Å². The number of aryl methyl sites for hydroxylation is 1. The lowest BCUT2D eigenvalue weighted by atomic mass is 10.2. The van der Waals surface area contributed by atoms with Gasteiger partial charge in [-0.3, -0.25) is 18.5 Å². The minimum atomic E-state index is -0.415. The normalized spacial score (nSPS) is 19.6. The van der Waals surface area contributed by atoms with E-state index in [2.05, 4.69) is 4.90 Å². The average Bonchev–Trinajstić information content (AvgIpc) is 3.06. The standard InChI is InChI=1S/C20H23Cl2N5O3/c1-11-8-26(9-12(2)30-11)19-23-17-16(18(28)25(4)20(29)24(17)3)27(19)10-13-5-6-14(21)15(22)7-13/h5-7,11-12H,8-10H2,1-4H3. The van der Waals surface area contributed by atoms with Crippen LogP contribution in [0.4, 0.5) is 5.95 Å². The lowest BCUT2D eigenvalue weighted by Crippen LogP contribution is -2.46. The van der Waals surface area contributed by atoms with Crippen molar-refractivity contribution in [3.8, 4) is 0 Å². The molecule has 0 amide bonds. The zero-order valence-electron chi connectivity index (χ0n) is 17.2. The number of imidazole rings is 1. The number of ether oxygens (including phenoxy) is 1. The summed E-state index contributed by atoms with van der Waals surface area (Å²) in [7, 11) is 3.09. The number of hydrogen-bond acceptors (Lipinski definition) is 5. The third-order valence-corrected chi connectivity index (χ3v) is 6.09. The third-order valence-electron chi connectivity index (χ3n) is 5.35. The molecule has 0 N–H and O–H groups in total. The van der Waals surface area contributed by atoms with Gasteiger partial charge in [0.05, 0.1) is 28.8 Å². The maximum Gasteiger partial charge on any atom is 0.332 e. The minimum Gasteiger partial charge on any atom is -0.372 e. The molecule has 1 aliphatic rings. The van der Waals surface area contributed by atoms with Crippen LogP contribution in [0.1, 0.15) is 19.4 Å². The van der Waals surface area contributed by atoms with E-state index in [9.17, 15) is 9.59 Å². The second kappa shape index (κ2) is 7.76. The highest BCUT2D eigenvalue weighted by atomic mass is 35.5.